The fourth-order valence-corrected chi connectivity index (χ4v) is 2.96. The number of fused-ring (bicyclic) bond motifs is 1. The molecule has 0 saturated carbocycles. The lowest BCUT2D eigenvalue weighted by molar-refractivity contribution is 0.469. The van der Waals surface area contributed by atoms with Gasteiger partial charge in [-0.2, -0.15) is 4.98 Å². The molecule has 0 aliphatic rings. The Morgan fingerprint density at radius 1 is 1.40 bits per heavy atom. The van der Waals surface area contributed by atoms with Crippen LogP contribution in [0.15, 0.2) is 22.6 Å². The molecule has 1 aromatic heterocycles. The van der Waals surface area contributed by atoms with Crippen molar-refractivity contribution in [3.63, 3.8) is 0 Å². The maximum atomic E-state index is 11.2. The Balaban J connectivity index is 2.11. The minimum atomic E-state index is -3.28. The molecule has 0 spiro atoms. The molecule has 2 aromatic rings. The second-order valence-corrected chi connectivity index (χ2v) is 7.07. The van der Waals surface area contributed by atoms with E-state index in [1.807, 2.05) is 0 Å². The zero-order chi connectivity index (χ0) is 15.0. The van der Waals surface area contributed by atoms with Crippen molar-refractivity contribution < 1.29 is 12.8 Å². The first-order valence-electron chi connectivity index (χ1n) is 6.04. The molecule has 1 aromatic carbocycles. The van der Waals surface area contributed by atoms with Crippen molar-refractivity contribution in [1.82, 2.24) is 9.71 Å². The number of hydrogen-bond acceptors (Lipinski definition) is 6. The predicted octanol–water partition coefficient (Wildman–Crippen LogP) is 1.15. The summed E-state index contributed by atoms with van der Waals surface area (Å²) >= 11 is 0. The zero-order valence-electron chi connectivity index (χ0n) is 11.6. The Morgan fingerprint density at radius 2 is 2.10 bits per heavy atom. The van der Waals surface area contributed by atoms with Crippen LogP contribution in [0.3, 0.4) is 0 Å². The van der Waals surface area contributed by atoms with Crippen LogP contribution in [0.4, 0.5) is 11.7 Å². The summed E-state index contributed by atoms with van der Waals surface area (Å²) in [6.45, 7) is 3.85. The fraction of sp³-hybridized carbons (Fsp3) is 0.417. The number of oxazole rings is 1. The highest BCUT2D eigenvalue weighted by molar-refractivity contribution is 7.88. The van der Waals surface area contributed by atoms with E-state index in [0.717, 1.165) is 6.26 Å². The van der Waals surface area contributed by atoms with E-state index in [1.165, 1.54) is 0 Å². The largest absolute Gasteiger partial charge is 0.423 e. The highest BCUT2D eigenvalue weighted by Crippen LogP contribution is 2.23. The van der Waals surface area contributed by atoms with E-state index in [9.17, 15) is 8.42 Å². The van der Waals surface area contributed by atoms with E-state index in [0.29, 0.717) is 29.3 Å². The van der Waals surface area contributed by atoms with E-state index in [1.54, 1.807) is 32.0 Å². The summed E-state index contributed by atoms with van der Waals surface area (Å²) in [7, 11) is -3.28. The van der Waals surface area contributed by atoms with Crippen LogP contribution in [0, 0.1) is 0 Å². The molecule has 0 aliphatic heterocycles. The number of hydrogen-bond donors (Lipinski definition) is 3. The normalized spacial score (nSPS) is 12.8. The summed E-state index contributed by atoms with van der Waals surface area (Å²) in [5, 5.41) is 2.96. The molecule has 2 rings (SSSR count). The number of nitrogen functional groups attached to an aromatic ring is 1. The SMILES string of the molecule is CC(C)(CNc1nc2c(N)cccc2o1)NS(C)(=O)=O. The van der Waals surface area contributed by atoms with Gasteiger partial charge < -0.3 is 15.5 Å². The van der Waals surface area contributed by atoms with E-state index >= 15 is 0 Å². The number of anilines is 2. The maximum absolute atomic E-state index is 11.2. The molecule has 0 bridgehead atoms. The van der Waals surface area contributed by atoms with Gasteiger partial charge >= 0.3 is 0 Å². The summed E-state index contributed by atoms with van der Waals surface area (Å²) in [5.74, 6) is 0. The summed E-state index contributed by atoms with van der Waals surface area (Å²) in [6, 6.07) is 5.59. The Bertz CT molecular complexity index is 721. The first kappa shape index (κ1) is 14.6. The van der Waals surface area contributed by atoms with Crippen LogP contribution in [0.25, 0.3) is 11.1 Å². The van der Waals surface area contributed by atoms with Gasteiger partial charge in [-0.1, -0.05) is 6.07 Å². The van der Waals surface area contributed by atoms with Gasteiger partial charge in [0.25, 0.3) is 6.01 Å². The molecule has 0 atom stereocenters. The molecule has 0 fully saturated rings. The molecule has 110 valence electrons. The monoisotopic (exact) mass is 298 g/mol. The van der Waals surface area contributed by atoms with Gasteiger partial charge in [-0.05, 0) is 26.0 Å². The highest BCUT2D eigenvalue weighted by atomic mass is 32.2. The number of sulfonamides is 1. The average molecular weight is 298 g/mol. The smallest absolute Gasteiger partial charge is 0.295 e. The van der Waals surface area contributed by atoms with Crippen LogP contribution in [0.1, 0.15) is 13.8 Å². The van der Waals surface area contributed by atoms with Crippen molar-refractivity contribution in [3.8, 4) is 0 Å². The number of para-hydroxylation sites is 1. The molecule has 20 heavy (non-hydrogen) atoms. The third-order valence-electron chi connectivity index (χ3n) is 2.59. The van der Waals surface area contributed by atoms with Crippen molar-refractivity contribution >= 4 is 32.8 Å². The number of nitrogens with one attached hydrogen (secondary N) is 2. The van der Waals surface area contributed by atoms with Crippen LogP contribution in [-0.4, -0.2) is 31.7 Å². The second-order valence-electron chi connectivity index (χ2n) is 5.32. The fourth-order valence-electron chi connectivity index (χ4n) is 1.88. The van der Waals surface area contributed by atoms with Crippen molar-refractivity contribution in [3.05, 3.63) is 18.2 Å². The number of benzene rings is 1. The van der Waals surface area contributed by atoms with E-state index in [2.05, 4.69) is 15.0 Å². The highest BCUT2D eigenvalue weighted by Gasteiger charge is 2.22. The molecule has 8 heteroatoms. The minimum absolute atomic E-state index is 0.307. The average Bonchev–Trinajstić information content (AvgIpc) is 2.68. The number of nitrogens with two attached hydrogens (primary N) is 1. The maximum Gasteiger partial charge on any atom is 0.295 e. The Hall–Kier alpha value is -1.80. The van der Waals surface area contributed by atoms with E-state index in [4.69, 9.17) is 10.2 Å². The van der Waals surface area contributed by atoms with E-state index < -0.39 is 15.6 Å². The van der Waals surface area contributed by atoms with Gasteiger partial charge in [0, 0.05) is 12.1 Å². The topological polar surface area (TPSA) is 110 Å². The summed E-state index contributed by atoms with van der Waals surface area (Å²) in [4.78, 5) is 4.23. The van der Waals surface area contributed by atoms with Gasteiger partial charge in [-0.15, -0.1) is 0 Å². The lowest BCUT2D eigenvalue weighted by Gasteiger charge is -2.24. The quantitative estimate of drug-likeness (QED) is 0.714. The summed E-state index contributed by atoms with van der Waals surface area (Å²) in [5.41, 5.74) is 6.83. The molecule has 0 amide bonds. The molecule has 0 radical (unpaired) electrons. The number of rotatable bonds is 5. The molecule has 0 saturated heterocycles. The van der Waals surface area contributed by atoms with Gasteiger partial charge in [0.15, 0.2) is 5.58 Å². The first-order valence-corrected chi connectivity index (χ1v) is 7.93. The Morgan fingerprint density at radius 3 is 2.70 bits per heavy atom. The molecule has 0 unspecified atom stereocenters. The number of aromatic nitrogens is 1. The summed E-state index contributed by atoms with van der Waals surface area (Å²) in [6.07, 6.45) is 1.12. The Labute approximate surface area is 117 Å². The molecule has 1 heterocycles. The van der Waals surface area contributed by atoms with Gasteiger partial charge in [0.05, 0.1) is 11.9 Å². The van der Waals surface area contributed by atoms with E-state index in [-0.39, 0.29) is 0 Å². The minimum Gasteiger partial charge on any atom is -0.423 e. The molecule has 7 nitrogen and oxygen atoms in total. The Kier molecular flexibility index (Phi) is 3.61. The van der Waals surface area contributed by atoms with Crippen molar-refractivity contribution in [2.24, 2.45) is 0 Å². The third kappa shape index (κ3) is 3.61. The predicted molar refractivity (Wildman–Crippen MR) is 79.0 cm³/mol. The lowest BCUT2D eigenvalue weighted by Crippen LogP contribution is -2.47. The zero-order valence-corrected chi connectivity index (χ0v) is 12.4. The molecular formula is C12H18N4O3S. The molecular weight excluding hydrogens is 280 g/mol. The van der Waals surface area contributed by atoms with Crippen LogP contribution < -0.4 is 15.8 Å². The van der Waals surface area contributed by atoms with Crippen molar-refractivity contribution in [2.45, 2.75) is 19.4 Å². The van der Waals surface area contributed by atoms with Gasteiger partial charge in [0.2, 0.25) is 10.0 Å². The first-order chi connectivity index (χ1) is 9.16. The van der Waals surface area contributed by atoms with Crippen molar-refractivity contribution in [2.75, 3.05) is 23.9 Å². The van der Waals surface area contributed by atoms with Crippen LogP contribution in [0.2, 0.25) is 0 Å². The molecule has 4 N–H and O–H groups in total. The van der Waals surface area contributed by atoms with Gasteiger partial charge in [-0.3, -0.25) is 0 Å². The lowest BCUT2D eigenvalue weighted by atomic mass is 10.1. The van der Waals surface area contributed by atoms with Gasteiger partial charge in [0.1, 0.15) is 5.52 Å². The third-order valence-corrected chi connectivity index (χ3v) is 3.52. The van der Waals surface area contributed by atoms with Crippen LogP contribution in [0.5, 0.6) is 0 Å². The second kappa shape index (κ2) is 4.95. The van der Waals surface area contributed by atoms with Gasteiger partial charge in [-0.25, -0.2) is 13.1 Å². The summed E-state index contributed by atoms with van der Waals surface area (Å²) < 4.78 is 30.5. The number of nitrogens with zero attached hydrogens (tertiary/aromatic N) is 1. The van der Waals surface area contributed by atoms with Crippen molar-refractivity contribution in [1.29, 1.82) is 0 Å². The molecule has 0 aliphatic carbocycles. The van der Waals surface area contributed by atoms with Crippen LogP contribution in [-0.2, 0) is 10.0 Å². The van der Waals surface area contributed by atoms with Crippen LogP contribution >= 0.6 is 0 Å². The standard InChI is InChI=1S/C12H18N4O3S/c1-12(2,16-20(3,17)18)7-14-11-15-10-8(13)5-4-6-9(10)19-11/h4-6,16H,7,13H2,1-3H3,(H,14,15).